The molecule has 3 aromatic heterocycles. The molecule has 3 heterocycles. The summed E-state index contributed by atoms with van der Waals surface area (Å²) in [6, 6.07) is 9.73. The van der Waals surface area contributed by atoms with Crippen molar-refractivity contribution < 1.29 is 0 Å². The molecule has 108 valence electrons. The van der Waals surface area contributed by atoms with Crippen molar-refractivity contribution in [1.29, 1.82) is 0 Å². The zero-order chi connectivity index (χ0) is 15.1. The van der Waals surface area contributed by atoms with E-state index in [0.717, 1.165) is 39.0 Å². The van der Waals surface area contributed by atoms with Gasteiger partial charge in [0.1, 0.15) is 5.82 Å². The molecule has 22 heavy (non-hydrogen) atoms. The fraction of sp³-hybridized carbons (Fsp3) is 0.118. The summed E-state index contributed by atoms with van der Waals surface area (Å²) < 4.78 is 0. The molecule has 0 bridgehead atoms. The van der Waals surface area contributed by atoms with E-state index >= 15 is 0 Å². The molecular formula is C17H13ClN4. The number of nitrogens with one attached hydrogen (secondary N) is 1. The molecule has 0 aliphatic carbocycles. The monoisotopic (exact) mass is 308 g/mol. The van der Waals surface area contributed by atoms with Crippen molar-refractivity contribution in [3.05, 3.63) is 64.8 Å². The van der Waals surface area contributed by atoms with Crippen LogP contribution in [0.25, 0.3) is 21.9 Å². The van der Waals surface area contributed by atoms with Gasteiger partial charge in [-0.3, -0.25) is 9.97 Å². The van der Waals surface area contributed by atoms with Gasteiger partial charge in [0.05, 0.1) is 22.7 Å². The van der Waals surface area contributed by atoms with Gasteiger partial charge in [0.15, 0.2) is 0 Å². The lowest BCUT2D eigenvalue weighted by Crippen LogP contribution is -1.94. The lowest BCUT2D eigenvalue weighted by molar-refractivity contribution is 0.980. The van der Waals surface area contributed by atoms with Crippen molar-refractivity contribution in [2.45, 2.75) is 13.3 Å². The van der Waals surface area contributed by atoms with E-state index < -0.39 is 0 Å². The molecule has 4 nitrogen and oxygen atoms in total. The minimum absolute atomic E-state index is 0.664. The number of pyridine rings is 2. The van der Waals surface area contributed by atoms with E-state index in [9.17, 15) is 0 Å². The van der Waals surface area contributed by atoms with Crippen molar-refractivity contribution in [2.75, 3.05) is 0 Å². The van der Waals surface area contributed by atoms with Crippen LogP contribution in [0.2, 0.25) is 5.02 Å². The number of fused-ring (bicyclic) bond motifs is 3. The number of hydrogen-bond donors (Lipinski definition) is 1. The Morgan fingerprint density at radius 1 is 1.09 bits per heavy atom. The topological polar surface area (TPSA) is 54.5 Å². The van der Waals surface area contributed by atoms with Crippen LogP contribution in [0.15, 0.2) is 42.7 Å². The number of nitrogens with zero attached hydrogens (tertiary/aromatic N) is 3. The molecule has 1 N–H and O–H groups in total. The van der Waals surface area contributed by atoms with Crippen LogP contribution in [0.1, 0.15) is 17.1 Å². The van der Waals surface area contributed by atoms with Crippen LogP contribution in [0.5, 0.6) is 0 Å². The standard InChI is InChI=1S/C17H13ClN4/c1-10-2-4-12(19-8-10)7-16-21-15-9-20-14-5-3-11(18)6-13(14)17(15)22-16/h2-6,8-9H,7H2,1H3,(H,21,22). The van der Waals surface area contributed by atoms with Crippen molar-refractivity contribution in [1.82, 2.24) is 19.9 Å². The summed E-state index contributed by atoms with van der Waals surface area (Å²) in [4.78, 5) is 16.9. The molecular weight excluding hydrogens is 296 g/mol. The number of aryl methyl sites for hydroxylation is 1. The zero-order valence-corrected chi connectivity index (χ0v) is 12.7. The Kier molecular flexibility index (Phi) is 3.05. The molecule has 0 amide bonds. The van der Waals surface area contributed by atoms with Gasteiger partial charge in [0.2, 0.25) is 0 Å². The zero-order valence-electron chi connectivity index (χ0n) is 12.0. The maximum Gasteiger partial charge on any atom is 0.113 e. The summed E-state index contributed by atoms with van der Waals surface area (Å²) >= 11 is 6.09. The summed E-state index contributed by atoms with van der Waals surface area (Å²) in [6.07, 6.45) is 4.34. The Balaban J connectivity index is 1.81. The van der Waals surface area contributed by atoms with Crippen molar-refractivity contribution in [2.24, 2.45) is 0 Å². The number of H-pyrrole nitrogens is 1. The molecule has 1 aromatic carbocycles. The van der Waals surface area contributed by atoms with E-state index in [4.69, 9.17) is 16.6 Å². The first-order valence-electron chi connectivity index (χ1n) is 7.03. The molecule has 0 aliphatic heterocycles. The second kappa shape index (κ2) is 5.07. The quantitative estimate of drug-likeness (QED) is 0.607. The minimum atomic E-state index is 0.664. The van der Waals surface area contributed by atoms with Crippen LogP contribution in [-0.4, -0.2) is 19.9 Å². The largest absolute Gasteiger partial charge is 0.340 e. The fourth-order valence-electron chi connectivity index (χ4n) is 2.54. The maximum atomic E-state index is 6.09. The highest BCUT2D eigenvalue weighted by atomic mass is 35.5. The van der Waals surface area contributed by atoms with Crippen LogP contribution in [0.4, 0.5) is 0 Å². The van der Waals surface area contributed by atoms with Gasteiger partial charge in [-0.05, 0) is 36.8 Å². The van der Waals surface area contributed by atoms with E-state index in [-0.39, 0.29) is 0 Å². The smallest absolute Gasteiger partial charge is 0.113 e. The fourth-order valence-corrected chi connectivity index (χ4v) is 2.71. The van der Waals surface area contributed by atoms with Gasteiger partial charge in [-0.1, -0.05) is 17.7 Å². The van der Waals surface area contributed by atoms with Gasteiger partial charge in [-0.2, -0.15) is 0 Å². The number of aromatic amines is 1. The predicted molar refractivity (Wildman–Crippen MR) is 88.2 cm³/mol. The highest BCUT2D eigenvalue weighted by Gasteiger charge is 2.09. The van der Waals surface area contributed by atoms with Crippen LogP contribution in [-0.2, 0) is 6.42 Å². The number of rotatable bonds is 2. The van der Waals surface area contributed by atoms with E-state index in [2.05, 4.69) is 21.0 Å². The van der Waals surface area contributed by atoms with Crippen molar-refractivity contribution in [3.63, 3.8) is 0 Å². The van der Waals surface area contributed by atoms with Gasteiger partial charge >= 0.3 is 0 Å². The van der Waals surface area contributed by atoms with Crippen LogP contribution in [0, 0.1) is 6.92 Å². The Morgan fingerprint density at radius 2 is 2.00 bits per heavy atom. The van der Waals surface area contributed by atoms with Crippen LogP contribution < -0.4 is 0 Å². The summed E-state index contributed by atoms with van der Waals surface area (Å²) in [5.41, 5.74) is 4.84. The normalized spacial score (nSPS) is 11.4. The molecule has 0 atom stereocenters. The van der Waals surface area contributed by atoms with Gasteiger partial charge < -0.3 is 4.98 Å². The van der Waals surface area contributed by atoms with Crippen LogP contribution >= 0.6 is 11.6 Å². The van der Waals surface area contributed by atoms with Gasteiger partial charge in [-0.15, -0.1) is 0 Å². The van der Waals surface area contributed by atoms with Gasteiger partial charge in [0, 0.05) is 28.7 Å². The molecule has 0 saturated carbocycles. The second-order valence-corrected chi connectivity index (χ2v) is 5.81. The Hall–Kier alpha value is -2.46. The molecule has 4 aromatic rings. The minimum Gasteiger partial charge on any atom is -0.340 e. The second-order valence-electron chi connectivity index (χ2n) is 5.37. The molecule has 0 saturated heterocycles. The highest BCUT2D eigenvalue weighted by Crippen LogP contribution is 2.25. The average molecular weight is 309 g/mol. The first-order valence-corrected chi connectivity index (χ1v) is 7.41. The SMILES string of the molecule is Cc1ccc(Cc2nc3c(cnc4ccc(Cl)cc43)[nH]2)nc1. The summed E-state index contributed by atoms with van der Waals surface area (Å²) in [7, 11) is 0. The molecule has 0 aliphatic rings. The third-order valence-electron chi connectivity index (χ3n) is 3.65. The Morgan fingerprint density at radius 3 is 2.82 bits per heavy atom. The number of halogens is 1. The molecule has 5 heteroatoms. The van der Waals surface area contributed by atoms with Gasteiger partial charge in [0.25, 0.3) is 0 Å². The van der Waals surface area contributed by atoms with E-state index in [1.807, 2.05) is 43.6 Å². The molecule has 0 fully saturated rings. The summed E-state index contributed by atoms with van der Waals surface area (Å²) in [6.45, 7) is 2.03. The van der Waals surface area contributed by atoms with Gasteiger partial charge in [-0.25, -0.2) is 4.98 Å². The Bertz CT molecular complexity index is 973. The Labute approximate surface area is 132 Å². The average Bonchev–Trinajstić information content (AvgIpc) is 2.92. The summed E-state index contributed by atoms with van der Waals surface area (Å²) in [5, 5.41) is 1.65. The number of benzene rings is 1. The van der Waals surface area contributed by atoms with E-state index in [0.29, 0.717) is 11.4 Å². The number of aromatic nitrogens is 4. The first-order chi connectivity index (χ1) is 10.7. The van der Waals surface area contributed by atoms with Crippen molar-refractivity contribution >= 4 is 33.5 Å². The predicted octanol–water partition coefficient (Wildman–Crippen LogP) is 4.06. The molecule has 0 radical (unpaired) electrons. The lowest BCUT2D eigenvalue weighted by Gasteiger charge is -1.98. The third kappa shape index (κ3) is 2.31. The number of imidazole rings is 1. The summed E-state index contributed by atoms with van der Waals surface area (Å²) in [5.74, 6) is 0.876. The maximum absolute atomic E-state index is 6.09. The lowest BCUT2D eigenvalue weighted by atomic mass is 10.2. The molecule has 0 spiro atoms. The highest BCUT2D eigenvalue weighted by molar-refractivity contribution is 6.31. The number of hydrogen-bond acceptors (Lipinski definition) is 3. The van der Waals surface area contributed by atoms with Crippen LogP contribution in [0.3, 0.4) is 0 Å². The van der Waals surface area contributed by atoms with Crippen molar-refractivity contribution in [3.8, 4) is 0 Å². The third-order valence-corrected chi connectivity index (χ3v) is 3.88. The molecule has 0 unspecified atom stereocenters. The van der Waals surface area contributed by atoms with E-state index in [1.165, 1.54) is 0 Å². The van der Waals surface area contributed by atoms with E-state index in [1.54, 1.807) is 0 Å². The molecule has 4 rings (SSSR count). The first kappa shape index (κ1) is 13.2.